The van der Waals surface area contributed by atoms with E-state index < -0.39 is 97.1 Å². The van der Waals surface area contributed by atoms with E-state index in [-0.39, 0.29) is 51.2 Å². The molecule has 8 aromatic heterocycles. The minimum atomic E-state index is -1.15. The van der Waals surface area contributed by atoms with Crippen LogP contribution in [0.1, 0.15) is 147 Å². The van der Waals surface area contributed by atoms with Gasteiger partial charge in [-0.3, -0.25) is 38.4 Å². The fourth-order valence-electron chi connectivity index (χ4n) is 18.0. The highest BCUT2D eigenvalue weighted by atomic mass is 16.5. The average Bonchev–Trinajstić information content (AvgIpc) is 1.59. The van der Waals surface area contributed by atoms with Gasteiger partial charge in [0.05, 0.1) is 44.3 Å². The van der Waals surface area contributed by atoms with Gasteiger partial charge in [-0.25, -0.2) is 19.2 Å². The van der Waals surface area contributed by atoms with Crippen molar-refractivity contribution in [3.63, 3.8) is 0 Å². The predicted molar refractivity (Wildman–Crippen MR) is 515 cm³/mol. The number of benzene rings is 8. The van der Waals surface area contributed by atoms with Crippen molar-refractivity contribution in [3.05, 3.63) is 381 Å². The number of fused-ring (bicyclic) bond motifs is 4. The number of primary amides is 4. The number of carboxylic acids is 4. The Bertz CT molecular complexity index is 7140. The SMILES string of the molecule is CCc1c(C(=O)C(N)=O)c2c(OCC(=O)O)cccn2c1Cc1cccc(-c2ccccc2)c1.Cc1c(C(=O)C(N)=O)c2c(OCC(=O)O)cccn2c1Cc1ccccc1-c1ccccc1.Cc1c(C(=O)C(N)=O)c2c(OCC(=O)O)cccn2c1Cc1ccccc1-c1ccccc1.NC(=O)C(=O)c1c(C2CCCC2)c(Cc2ccccc2-c2ccccc2)n2cccc(OCC(=O)O)c12. The van der Waals surface area contributed by atoms with Crippen LogP contribution >= 0.6 is 0 Å². The van der Waals surface area contributed by atoms with Crippen LogP contribution in [-0.2, 0) is 70.5 Å². The summed E-state index contributed by atoms with van der Waals surface area (Å²) in [5.41, 5.74) is 42.2. The van der Waals surface area contributed by atoms with Crippen LogP contribution < -0.4 is 41.9 Å². The number of pyridine rings is 4. The molecule has 12 N–H and O–H groups in total. The number of carbonyl (C=O) groups excluding carboxylic acids is 8. The van der Waals surface area contributed by atoms with Gasteiger partial charge in [0.15, 0.2) is 26.4 Å². The second-order valence-electron chi connectivity index (χ2n) is 32.5. The van der Waals surface area contributed by atoms with Crippen molar-refractivity contribution in [2.75, 3.05) is 26.4 Å². The fourth-order valence-corrected chi connectivity index (χ4v) is 18.0. The Kier molecular flexibility index (Phi) is 30.1. The quantitative estimate of drug-likeness (QED) is 0.0137. The third-order valence-corrected chi connectivity index (χ3v) is 23.9. The van der Waals surface area contributed by atoms with E-state index in [1.165, 1.54) is 0 Å². The normalized spacial score (nSPS) is 11.6. The van der Waals surface area contributed by atoms with Crippen LogP contribution in [0.2, 0.25) is 0 Å². The number of aliphatic carboxylic acids is 4. The molecule has 28 nitrogen and oxygen atoms in total. The van der Waals surface area contributed by atoms with Gasteiger partial charge in [-0.2, -0.15) is 0 Å². The summed E-state index contributed by atoms with van der Waals surface area (Å²) in [4.78, 5) is 144. The van der Waals surface area contributed by atoms with E-state index in [1.807, 2.05) is 206 Å². The minimum absolute atomic E-state index is 0.0874. The molecule has 0 spiro atoms. The summed E-state index contributed by atoms with van der Waals surface area (Å²) in [5.74, 6) is -11.3. The van der Waals surface area contributed by atoms with E-state index in [9.17, 15) is 62.6 Å². The number of nitrogens with two attached hydrogens (primary N) is 4. The van der Waals surface area contributed by atoms with Crippen LogP contribution in [0.3, 0.4) is 0 Å². The van der Waals surface area contributed by atoms with Crippen LogP contribution in [-0.4, -0.2) is 135 Å². The Balaban J connectivity index is 0.000000146. The molecule has 16 aromatic rings. The van der Waals surface area contributed by atoms with Crippen molar-refractivity contribution in [1.82, 2.24) is 17.6 Å². The number of amides is 4. The molecule has 0 radical (unpaired) electrons. The molecule has 1 saturated carbocycles. The largest absolute Gasteiger partial charge is 0.480 e. The molecule has 1 aliphatic rings. The number of ketones is 4. The van der Waals surface area contributed by atoms with Crippen molar-refractivity contribution in [1.29, 1.82) is 0 Å². The third-order valence-electron chi connectivity index (χ3n) is 23.9. The molecule has 0 bridgehead atoms. The number of ether oxygens (including phenoxy) is 4. The smallest absolute Gasteiger partial charge is 0.341 e. The number of rotatable bonds is 34. The second kappa shape index (κ2) is 43.2. The first-order valence-corrected chi connectivity index (χ1v) is 44.0. The number of aromatic nitrogens is 4. The van der Waals surface area contributed by atoms with Gasteiger partial charge in [0.2, 0.25) is 0 Å². The minimum Gasteiger partial charge on any atom is -0.480 e. The van der Waals surface area contributed by atoms with Gasteiger partial charge >= 0.3 is 23.9 Å². The van der Waals surface area contributed by atoms with Gasteiger partial charge in [-0.1, -0.05) is 238 Å². The summed E-state index contributed by atoms with van der Waals surface area (Å²) >= 11 is 0. The molecule has 17 rings (SSSR count). The van der Waals surface area contributed by atoms with Crippen LogP contribution in [0, 0.1) is 13.8 Å². The Hall–Kier alpha value is -17.6. The number of carbonyl (C=O) groups is 12. The molecular weight excluding hydrogens is 1740 g/mol. The van der Waals surface area contributed by atoms with Gasteiger partial charge in [0, 0.05) is 73.2 Å². The molecule has 4 amide bonds. The molecule has 28 heteroatoms. The van der Waals surface area contributed by atoms with Gasteiger partial charge in [0.1, 0.15) is 23.0 Å². The first-order valence-electron chi connectivity index (χ1n) is 44.0. The molecule has 1 aliphatic carbocycles. The molecule has 692 valence electrons. The van der Waals surface area contributed by atoms with Gasteiger partial charge < -0.3 is 79.9 Å². The first-order chi connectivity index (χ1) is 66.1. The summed E-state index contributed by atoms with van der Waals surface area (Å²) in [6.45, 7) is 3.09. The lowest BCUT2D eigenvalue weighted by atomic mass is 9.88. The van der Waals surface area contributed by atoms with E-state index in [4.69, 9.17) is 57.2 Å². The van der Waals surface area contributed by atoms with Gasteiger partial charge in [0.25, 0.3) is 46.8 Å². The predicted octanol–water partition coefficient (Wildman–Crippen LogP) is 16.2. The van der Waals surface area contributed by atoms with Crippen LogP contribution in [0.15, 0.2) is 292 Å². The second-order valence-corrected chi connectivity index (χ2v) is 32.5. The Labute approximate surface area is 785 Å². The first kappa shape index (κ1) is 95.5. The maximum absolute atomic E-state index is 13.3. The Morgan fingerprint density at radius 2 is 0.606 bits per heavy atom. The van der Waals surface area contributed by atoms with Crippen molar-refractivity contribution in [3.8, 4) is 67.5 Å². The van der Waals surface area contributed by atoms with Crippen molar-refractivity contribution in [2.45, 2.75) is 84.5 Å². The number of Topliss-reactive ketones (excluding diaryl/α,β-unsaturated/α-hetero) is 4. The summed E-state index contributed by atoms with van der Waals surface area (Å²) in [5, 5.41) is 36.3. The lowest BCUT2D eigenvalue weighted by Gasteiger charge is -2.16. The number of hydrogen-bond donors (Lipinski definition) is 8. The molecule has 8 aromatic carbocycles. The molecule has 0 atom stereocenters. The van der Waals surface area contributed by atoms with Crippen LogP contribution in [0.4, 0.5) is 0 Å². The Morgan fingerprint density at radius 1 is 0.314 bits per heavy atom. The number of hydrogen-bond acceptors (Lipinski definition) is 16. The van der Waals surface area contributed by atoms with Crippen molar-refractivity contribution < 1.29 is 96.9 Å². The molecule has 1 fully saturated rings. The van der Waals surface area contributed by atoms with Crippen molar-refractivity contribution in [2.24, 2.45) is 22.9 Å². The number of nitrogens with zero attached hydrogens (tertiary/aromatic N) is 4. The van der Waals surface area contributed by atoms with E-state index >= 15 is 0 Å². The monoisotopic (exact) mass is 1840 g/mol. The Morgan fingerprint density at radius 3 is 0.956 bits per heavy atom. The van der Waals surface area contributed by atoms with Crippen LogP contribution in [0.5, 0.6) is 23.0 Å². The van der Waals surface area contributed by atoms with Gasteiger partial charge in [-0.05, 0) is 177 Å². The maximum Gasteiger partial charge on any atom is 0.341 e. The molecule has 137 heavy (non-hydrogen) atoms. The van der Waals surface area contributed by atoms with E-state index in [1.54, 1.807) is 94.2 Å². The van der Waals surface area contributed by atoms with E-state index in [0.29, 0.717) is 70.9 Å². The zero-order chi connectivity index (χ0) is 97.3. The standard InChI is InChI=1S/C30H28N2O5.C27H24N2O5.2C26H22N2O5/c31-30(36)29(35)27-26(20-11-4-5-12-20)23(32-16-8-15-24(28(27)32)37-18-25(33)34)17-21-13-6-7-14-22(21)19-9-2-1-3-10-19;1-2-20-21(15-17-8-6-11-19(14-17)18-9-4-3-5-10-18)29-13-7-12-22(34-16-23(30)31)25(29)24(20)26(32)27(28)33;2*1-16-20(14-18-10-5-6-11-19(18)17-8-3-2-4-9-17)28-13-7-12-21(33-15-22(29)30)24(28)23(16)25(31)26(27)32/h1-3,6-10,13-16,20H,4-5,11-12,17-18H2,(H2,31,36)(H,33,34);3-14H,2,15-16H2,1H3,(H2,28,33)(H,30,31);2*2-13H,14-15H2,1H3,(H2,27,32)(H,29,30). The number of carboxylic acid groups (broad SMARTS) is 4. The molecule has 0 unspecified atom stereocenters. The van der Waals surface area contributed by atoms with Crippen molar-refractivity contribution >= 4 is 92.7 Å². The highest BCUT2D eigenvalue weighted by Gasteiger charge is 2.36. The van der Waals surface area contributed by atoms with Gasteiger partial charge in [-0.15, -0.1) is 0 Å². The molecule has 0 saturated heterocycles. The molecule has 8 heterocycles. The highest BCUT2D eigenvalue weighted by molar-refractivity contribution is 6.46. The summed E-state index contributed by atoms with van der Waals surface area (Å²) in [7, 11) is 0. The summed E-state index contributed by atoms with van der Waals surface area (Å²) in [6, 6.07) is 85.4. The lowest BCUT2D eigenvalue weighted by Crippen LogP contribution is -2.24. The van der Waals surface area contributed by atoms with Crippen LogP contribution in [0.25, 0.3) is 66.6 Å². The van der Waals surface area contributed by atoms with E-state index in [0.717, 1.165) is 121 Å². The summed E-state index contributed by atoms with van der Waals surface area (Å²) in [6.07, 6.45) is 13.4. The van der Waals surface area contributed by atoms with E-state index in [2.05, 4.69) is 30.3 Å². The fraction of sp³-hybridized carbons (Fsp3) is 0.156. The maximum atomic E-state index is 13.3. The zero-order valence-corrected chi connectivity index (χ0v) is 74.9. The average molecular weight is 1840 g/mol. The topological polar surface area (TPSA) is 444 Å². The highest BCUT2D eigenvalue weighted by Crippen LogP contribution is 2.45. The molecule has 0 aliphatic heterocycles. The third kappa shape index (κ3) is 21.3. The molecular formula is C109H96N8O20. The zero-order valence-electron chi connectivity index (χ0n) is 74.9. The lowest BCUT2D eigenvalue weighted by molar-refractivity contribution is -0.140. The summed E-state index contributed by atoms with van der Waals surface area (Å²) < 4.78 is 29.2.